The first-order valence-electron chi connectivity index (χ1n) is 16.7. The molecule has 0 saturated heterocycles. The van der Waals surface area contributed by atoms with Gasteiger partial charge in [-0.2, -0.15) is 5.26 Å². The van der Waals surface area contributed by atoms with Crippen molar-refractivity contribution in [2.45, 2.75) is 34.1 Å². The molecule has 0 atom stereocenters. The molecule has 0 aromatic heterocycles. The molecule has 0 heterocycles. The SMILES string of the molecule is Cc1ccc(N(c2ccc(-c3cccc4c3Cc3ccccc3-4)cc2)c2c(C)cc3ccc4c(C)c(C#N)cc5ccc2c3c54)c(C)c1. The van der Waals surface area contributed by atoms with Crippen LogP contribution in [0.4, 0.5) is 17.1 Å². The van der Waals surface area contributed by atoms with E-state index in [1.165, 1.54) is 83.0 Å². The summed E-state index contributed by atoms with van der Waals surface area (Å²) in [5.41, 5.74) is 17.0. The maximum absolute atomic E-state index is 9.88. The number of anilines is 3. The third-order valence-corrected chi connectivity index (χ3v) is 10.6. The monoisotopic (exact) mass is 614 g/mol. The van der Waals surface area contributed by atoms with Crippen LogP contribution in [0, 0.1) is 39.0 Å². The maximum atomic E-state index is 9.88. The van der Waals surface area contributed by atoms with Crippen LogP contribution >= 0.6 is 0 Å². The van der Waals surface area contributed by atoms with Gasteiger partial charge in [-0.15, -0.1) is 0 Å². The Bertz CT molecular complexity index is 2640. The summed E-state index contributed by atoms with van der Waals surface area (Å²) >= 11 is 0. The van der Waals surface area contributed by atoms with Gasteiger partial charge in [-0.05, 0) is 141 Å². The second-order valence-corrected chi connectivity index (χ2v) is 13.5. The molecule has 2 heteroatoms. The van der Waals surface area contributed by atoms with Crippen molar-refractivity contribution in [2.24, 2.45) is 0 Å². The van der Waals surface area contributed by atoms with Crippen LogP contribution in [0.1, 0.15) is 38.9 Å². The fourth-order valence-corrected chi connectivity index (χ4v) is 8.30. The van der Waals surface area contributed by atoms with Crippen LogP contribution in [0.25, 0.3) is 54.6 Å². The van der Waals surface area contributed by atoms with E-state index in [0.717, 1.165) is 34.0 Å². The standard InChI is InChI=1S/C46H34N2/c1-27-12-21-43(28(2)22-27)48(36-17-13-31(14-18-36)38-10-7-11-40-39-9-6-5-8-32(39)25-42(38)40)46-29(3)23-33-15-19-37-30(4)35(26-47)24-34-16-20-41(46)45(33)44(34)37/h5-24H,25H2,1-4H3. The third kappa shape index (κ3) is 4.11. The van der Waals surface area contributed by atoms with Crippen molar-refractivity contribution in [3.63, 3.8) is 0 Å². The molecule has 0 spiro atoms. The van der Waals surface area contributed by atoms with Crippen molar-refractivity contribution in [1.29, 1.82) is 5.26 Å². The molecule has 9 rings (SSSR count). The molecule has 1 aliphatic rings. The molecule has 0 fully saturated rings. The highest BCUT2D eigenvalue weighted by molar-refractivity contribution is 6.27. The molecule has 8 aromatic rings. The molecule has 0 unspecified atom stereocenters. The zero-order valence-electron chi connectivity index (χ0n) is 27.6. The van der Waals surface area contributed by atoms with E-state index in [0.29, 0.717) is 0 Å². The van der Waals surface area contributed by atoms with E-state index < -0.39 is 0 Å². The Balaban J connectivity index is 1.26. The number of nitrogens with zero attached hydrogens (tertiary/aromatic N) is 2. The molecule has 0 saturated carbocycles. The van der Waals surface area contributed by atoms with Gasteiger partial charge in [0.15, 0.2) is 0 Å². The lowest BCUT2D eigenvalue weighted by atomic mass is 9.88. The van der Waals surface area contributed by atoms with Crippen molar-refractivity contribution in [3.05, 3.63) is 160 Å². The Morgan fingerprint density at radius 3 is 2.10 bits per heavy atom. The molecule has 8 aromatic carbocycles. The predicted octanol–water partition coefficient (Wildman–Crippen LogP) is 12.4. The molecule has 1 aliphatic carbocycles. The number of aryl methyl sites for hydroxylation is 4. The van der Waals surface area contributed by atoms with E-state index in [-0.39, 0.29) is 0 Å². The number of rotatable bonds is 4. The zero-order chi connectivity index (χ0) is 32.7. The zero-order valence-corrected chi connectivity index (χ0v) is 27.6. The number of hydrogen-bond donors (Lipinski definition) is 0. The quantitative estimate of drug-likeness (QED) is 0.184. The van der Waals surface area contributed by atoms with Crippen LogP contribution in [-0.4, -0.2) is 0 Å². The number of fused-ring (bicyclic) bond motifs is 3. The van der Waals surface area contributed by atoms with E-state index in [2.05, 4.69) is 160 Å². The highest BCUT2D eigenvalue weighted by Crippen LogP contribution is 2.48. The van der Waals surface area contributed by atoms with Gasteiger partial charge in [0.1, 0.15) is 0 Å². The summed E-state index contributed by atoms with van der Waals surface area (Å²) in [5.74, 6) is 0. The predicted molar refractivity (Wildman–Crippen MR) is 202 cm³/mol. The smallest absolute Gasteiger partial charge is 0.0994 e. The Morgan fingerprint density at radius 2 is 1.31 bits per heavy atom. The Morgan fingerprint density at radius 1 is 0.604 bits per heavy atom. The molecule has 228 valence electrons. The largest absolute Gasteiger partial charge is 0.309 e. The Hall–Kier alpha value is -5.91. The van der Waals surface area contributed by atoms with Crippen LogP contribution in [0.5, 0.6) is 0 Å². The van der Waals surface area contributed by atoms with Crippen molar-refractivity contribution in [3.8, 4) is 28.3 Å². The second kappa shape index (κ2) is 10.6. The van der Waals surface area contributed by atoms with Gasteiger partial charge in [0.2, 0.25) is 0 Å². The van der Waals surface area contributed by atoms with Gasteiger partial charge in [-0.3, -0.25) is 0 Å². The van der Waals surface area contributed by atoms with Crippen molar-refractivity contribution in [2.75, 3.05) is 4.90 Å². The minimum Gasteiger partial charge on any atom is -0.309 e. The first-order chi connectivity index (χ1) is 23.4. The first kappa shape index (κ1) is 28.3. The van der Waals surface area contributed by atoms with E-state index in [1.807, 2.05) is 0 Å². The summed E-state index contributed by atoms with van der Waals surface area (Å²) in [6.45, 7) is 8.68. The number of nitriles is 1. The van der Waals surface area contributed by atoms with Gasteiger partial charge in [-0.1, -0.05) is 96.6 Å². The van der Waals surface area contributed by atoms with Gasteiger partial charge in [-0.25, -0.2) is 0 Å². The van der Waals surface area contributed by atoms with Crippen molar-refractivity contribution >= 4 is 49.4 Å². The van der Waals surface area contributed by atoms with Gasteiger partial charge >= 0.3 is 0 Å². The Kier molecular flexibility index (Phi) is 6.23. The van der Waals surface area contributed by atoms with E-state index >= 15 is 0 Å². The molecule has 48 heavy (non-hydrogen) atoms. The van der Waals surface area contributed by atoms with Gasteiger partial charge in [0.25, 0.3) is 0 Å². The minimum absolute atomic E-state index is 0.738. The normalized spacial score (nSPS) is 12.1. The first-order valence-corrected chi connectivity index (χ1v) is 16.7. The summed E-state index contributed by atoms with van der Waals surface area (Å²) in [6, 6.07) is 47.1. The lowest BCUT2D eigenvalue weighted by molar-refractivity contribution is 1.23. The molecular formula is C46H34N2. The average molecular weight is 615 g/mol. The van der Waals surface area contributed by atoms with Crippen LogP contribution < -0.4 is 4.90 Å². The topological polar surface area (TPSA) is 27.0 Å². The van der Waals surface area contributed by atoms with Gasteiger partial charge < -0.3 is 4.90 Å². The van der Waals surface area contributed by atoms with E-state index in [4.69, 9.17) is 0 Å². The minimum atomic E-state index is 0.738. The maximum Gasteiger partial charge on any atom is 0.0994 e. The summed E-state index contributed by atoms with van der Waals surface area (Å²) < 4.78 is 0. The van der Waals surface area contributed by atoms with Crippen LogP contribution in [0.15, 0.2) is 121 Å². The summed E-state index contributed by atoms with van der Waals surface area (Å²) in [4.78, 5) is 2.46. The highest BCUT2D eigenvalue weighted by Gasteiger charge is 2.24. The number of benzene rings is 8. The molecule has 0 radical (unpaired) electrons. The lowest BCUT2D eigenvalue weighted by Gasteiger charge is -2.31. The van der Waals surface area contributed by atoms with Gasteiger partial charge in [0, 0.05) is 16.8 Å². The summed E-state index contributed by atoms with van der Waals surface area (Å²) in [5, 5.41) is 17.1. The van der Waals surface area contributed by atoms with Crippen LogP contribution in [-0.2, 0) is 6.42 Å². The van der Waals surface area contributed by atoms with Crippen molar-refractivity contribution < 1.29 is 0 Å². The molecule has 0 N–H and O–H groups in total. The fraction of sp³-hybridized carbons (Fsp3) is 0.109. The van der Waals surface area contributed by atoms with Crippen LogP contribution in [0.2, 0.25) is 0 Å². The lowest BCUT2D eigenvalue weighted by Crippen LogP contribution is -2.13. The summed E-state index contributed by atoms with van der Waals surface area (Å²) in [7, 11) is 0. The second-order valence-electron chi connectivity index (χ2n) is 13.5. The fourth-order valence-electron chi connectivity index (χ4n) is 8.30. The molecular weight excluding hydrogens is 581 g/mol. The molecule has 0 amide bonds. The molecule has 2 nitrogen and oxygen atoms in total. The Labute approximate surface area is 281 Å². The van der Waals surface area contributed by atoms with Gasteiger partial charge in [0.05, 0.1) is 17.3 Å². The van der Waals surface area contributed by atoms with E-state index in [9.17, 15) is 5.26 Å². The molecule has 0 aliphatic heterocycles. The van der Waals surface area contributed by atoms with Crippen molar-refractivity contribution in [1.82, 2.24) is 0 Å². The number of hydrogen-bond acceptors (Lipinski definition) is 2. The highest BCUT2D eigenvalue weighted by atomic mass is 15.1. The molecule has 0 bridgehead atoms. The average Bonchev–Trinajstić information content (AvgIpc) is 3.49. The third-order valence-electron chi connectivity index (χ3n) is 10.6. The summed E-state index contributed by atoms with van der Waals surface area (Å²) in [6.07, 6.45) is 0.968. The van der Waals surface area contributed by atoms with Crippen LogP contribution in [0.3, 0.4) is 0 Å². The van der Waals surface area contributed by atoms with E-state index in [1.54, 1.807) is 0 Å².